The van der Waals surface area contributed by atoms with Gasteiger partial charge in [-0.3, -0.25) is 0 Å². The number of nitrogens with two attached hydrogens (primary N) is 1. The Labute approximate surface area is 116 Å². The summed E-state index contributed by atoms with van der Waals surface area (Å²) >= 11 is 0. The van der Waals surface area contributed by atoms with Crippen molar-refractivity contribution in [2.24, 2.45) is 11.7 Å². The van der Waals surface area contributed by atoms with Crippen LogP contribution in [0.4, 0.5) is 5.69 Å². The predicted octanol–water partition coefficient (Wildman–Crippen LogP) is 2.44. The van der Waals surface area contributed by atoms with E-state index in [1.807, 2.05) is 0 Å². The molecule has 2 N–H and O–H groups in total. The molecule has 2 rings (SSSR count). The number of benzene rings is 1. The number of hydrogen-bond acceptors (Lipinski definition) is 3. The zero-order valence-electron chi connectivity index (χ0n) is 12.3. The van der Waals surface area contributed by atoms with E-state index in [9.17, 15) is 0 Å². The number of methoxy groups -OCH3 is 1. The average Bonchev–Trinajstić information content (AvgIpc) is 2.43. The molecule has 1 fully saturated rings. The lowest BCUT2D eigenvalue weighted by Gasteiger charge is -2.43. The summed E-state index contributed by atoms with van der Waals surface area (Å²) in [5.74, 6) is 0.532. The van der Waals surface area contributed by atoms with Gasteiger partial charge in [0.1, 0.15) is 0 Å². The van der Waals surface area contributed by atoms with Crippen LogP contribution in [0.5, 0.6) is 0 Å². The van der Waals surface area contributed by atoms with E-state index in [-0.39, 0.29) is 0 Å². The second kappa shape index (κ2) is 6.40. The third-order valence-corrected chi connectivity index (χ3v) is 4.51. The molecule has 106 valence electrons. The fourth-order valence-electron chi connectivity index (χ4n) is 2.95. The maximum absolute atomic E-state index is 6.18. The Morgan fingerprint density at radius 2 is 2.05 bits per heavy atom. The van der Waals surface area contributed by atoms with E-state index >= 15 is 0 Å². The predicted molar refractivity (Wildman–Crippen MR) is 80.6 cm³/mol. The summed E-state index contributed by atoms with van der Waals surface area (Å²) in [6, 6.07) is 9.49. The van der Waals surface area contributed by atoms with E-state index in [2.05, 4.69) is 43.0 Å². The van der Waals surface area contributed by atoms with Crippen LogP contribution in [0.25, 0.3) is 0 Å². The number of rotatable bonds is 4. The number of anilines is 1. The Balaban J connectivity index is 2.21. The molecule has 0 bridgehead atoms. The van der Waals surface area contributed by atoms with E-state index in [1.165, 1.54) is 11.3 Å². The maximum Gasteiger partial charge on any atom is 0.0503 e. The highest BCUT2D eigenvalue weighted by Gasteiger charge is 2.31. The smallest absolute Gasteiger partial charge is 0.0503 e. The first kappa shape index (κ1) is 14.4. The van der Waals surface area contributed by atoms with Crippen molar-refractivity contribution in [3.8, 4) is 0 Å². The largest absolute Gasteiger partial charge is 0.384 e. The number of ether oxygens (including phenoxy) is 1. The van der Waals surface area contributed by atoms with Crippen molar-refractivity contribution in [2.45, 2.75) is 38.8 Å². The van der Waals surface area contributed by atoms with Crippen LogP contribution < -0.4 is 10.6 Å². The van der Waals surface area contributed by atoms with Crippen LogP contribution >= 0.6 is 0 Å². The summed E-state index contributed by atoms with van der Waals surface area (Å²) in [7, 11) is 1.76. The molecule has 0 aliphatic carbocycles. The van der Waals surface area contributed by atoms with Gasteiger partial charge in [-0.15, -0.1) is 0 Å². The normalized spacial score (nSPS) is 27.6. The topological polar surface area (TPSA) is 38.5 Å². The fourth-order valence-corrected chi connectivity index (χ4v) is 2.95. The standard InChI is InChI=1S/C16H26N2O/c1-12-13(2)18(10-8-15(12)17)16-7-5-4-6-14(16)9-11-19-3/h4-7,12-13,15H,8-11,17H2,1-3H3. The zero-order chi connectivity index (χ0) is 13.8. The Kier molecular flexibility index (Phi) is 4.83. The summed E-state index contributed by atoms with van der Waals surface area (Å²) in [5, 5.41) is 0. The minimum Gasteiger partial charge on any atom is -0.384 e. The van der Waals surface area contributed by atoms with Crippen molar-refractivity contribution < 1.29 is 4.74 Å². The van der Waals surface area contributed by atoms with Gasteiger partial charge >= 0.3 is 0 Å². The quantitative estimate of drug-likeness (QED) is 0.905. The van der Waals surface area contributed by atoms with Crippen molar-refractivity contribution in [3.05, 3.63) is 29.8 Å². The van der Waals surface area contributed by atoms with Gasteiger partial charge in [-0.25, -0.2) is 0 Å². The maximum atomic E-state index is 6.18. The van der Waals surface area contributed by atoms with Crippen LogP contribution in [0.15, 0.2) is 24.3 Å². The van der Waals surface area contributed by atoms with Gasteiger partial charge in [-0.05, 0) is 37.3 Å². The molecule has 3 heteroatoms. The molecule has 0 aromatic heterocycles. The van der Waals surface area contributed by atoms with Crippen molar-refractivity contribution in [2.75, 3.05) is 25.2 Å². The first-order valence-corrected chi connectivity index (χ1v) is 7.24. The van der Waals surface area contributed by atoms with E-state index in [0.717, 1.165) is 26.0 Å². The second-order valence-electron chi connectivity index (χ2n) is 5.62. The van der Waals surface area contributed by atoms with Gasteiger partial charge in [0.25, 0.3) is 0 Å². The minimum atomic E-state index is 0.331. The monoisotopic (exact) mass is 262 g/mol. The van der Waals surface area contributed by atoms with Crippen LogP contribution in [0.1, 0.15) is 25.8 Å². The molecule has 1 aromatic rings. The molecular formula is C16H26N2O. The summed E-state index contributed by atoms with van der Waals surface area (Å²) < 4.78 is 5.21. The molecule has 19 heavy (non-hydrogen) atoms. The Morgan fingerprint density at radius 1 is 1.32 bits per heavy atom. The van der Waals surface area contributed by atoms with E-state index in [1.54, 1.807) is 7.11 Å². The summed E-state index contributed by atoms with van der Waals surface area (Å²) in [6.07, 6.45) is 2.04. The zero-order valence-corrected chi connectivity index (χ0v) is 12.3. The SMILES string of the molecule is COCCc1ccccc1N1CCC(N)C(C)C1C. The molecule has 1 aliphatic rings. The Hall–Kier alpha value is -1.06. The molecule has 0 saturated carbocycles. The summed E-state index contributed by atoms with van der Waals surface area (Å²) in [5.41, 5.74) is 8.91. The molecular weight excluding hydrogens is 236 g/mol. The van der Waals surface area contributed by atoms with Crippen LogP contribution in [0.2, 0.25) is 0 Å². The molecule has 3 nitrogen and oxygen atoms in total. The number of hydrogen-bond donors (Lipinski definition) is 1. The molecule has 0 amide bonds. The van der Waals surface area contributed by atoms with Crippen molar-refractivity contribution >= 4 is 5.69 Å². The van der Waals surface area contributed by atoms with Crippen LogP contribution in [-0.2, 0) is 11.2 Å². The van der Waals surface area contributed by atoms with E-state index in [4.69, 9.17) is 10.5 Å². The van der Waals surface area contributed by atoms with Gasteiger partial charge in [-0.2, -0.15) is 0 Å². The van der Waals surface area contributed by atoms with E-state index in [0.29, 0.717) is 18.0 Å². The van der Waals surface area contributed by atoms with Gasteiger partial charge in [0.2, 0.25) is 0 Å². The van der Waals surface area contributed by atoms with Crippen molar-refractivity contribution in [3.63, 3.8) is 0 Å². The van der Waals surface area contributed by atoms with Gasteiger partial charge < -0.3 is 15.4 Å². The molecule has 0 radical (unpaired) electrons. The molecule has 1 aromatic carbocycles. The molecule has 1 aliphatic heterocycles. The Bertz CT molecular complexity index is 407. The third kappa shape index (κ3) is 3.10. The average molecular weight is 262 g/mol. The molecule has 1 heterocycles. The first-order chi connectivity index (χ1) is 9.15. The highest BCUT2D eigenvalue weighted by atomic mass is 16.5. The Morgan fingerprint density at radius 3 is 2.79 bits per heavy atom. The lowest BCUT2D eigenvalue weighted by atomic mass is 9.87. The molecule has 1 saturated heterocycles. The highest BCUT2D eigenvalue weighted by Crippen LogP contribution is 2.30. The van der Waals surface area contributed by atoms with E-state index < -0.39 is 0 Å². The second-order valence-corrected chi connectivity index (χ2v) is 5.62. The summed E-state index contributed by atoms with van der Waals surface area (Å²) in [4.78, 5) is 2.51. The number of piperidine rings is 1. The minimum absolute atomic E-state index is 0.331. The number of nitrogens with zero attached hydrogens (tertiary/aromatic N) is 1. The van der Waals surface area contributed by atoms with Crippen LogP contribution in [-0.4, -0.2) is 32.3 Å². The fraction of sp³-hybridized carbons (Fsp3) is 0.625. The van der Waals surface area contributed by atoms with Gasteiger partial charge in [0, 0.05) is 31.4 Å². The molecule has 0 spiro atoms. The van der Waals surface area contributed by atoms with Gasteiger partial charge in [0.15, 0.2) is 0 Å². The lowest BCUT2D eigenvalue weighted by molar-refractivity contribution is 0.202. The van der Waals surface area contributed by atoms with Crippen molar-refractivity contribution in [1.82, 2.24) is 0 Å². The highest BCUT2D eigenvalue weighted by molar-refractivity contribution is 5.55. The molecule has 3 unspecified atom stereocenters. The van der Waals surface area contributed by atoms with Crippen molar-refractivity contribution in [1.29, 1.82) is 0 Å². The van der Waals surface area contributed by atoms with Gasteiger partial charge in [0.05, 0.1) is 6.61 Å². The van der Waals surface area contributed by atoms with Crippen LogP contribution in [0, 0.1) is 5.92 Å². The third-order valence-electron chi connectivity index (χ3n) is 4.51. The number of para-hydroxylation sites is 1. The van der Waals surface area contributed by atoms with Gasteiger partial charge in [-0.1, -0.05) is 25.1 Å². The lowest BCUT2D eigenvalue weighted by Crippen LogP contribution is -2.52. The first-order valence-electron chi connectivity index (χ1n) is 7.24. The molecule has 3 atom stereocenters. The van der Waals surface area contributed by atoms with Crippen LogP contribution in [0.3, 0.4) is 0 Å². The summed E-state index contributed by atoms with van der Waals surface area (Å²) in [6.45, 7) is 6.38.